The fourth-order valence-electron chi connectivity index (χ4n) is 3.99. The first-order valence-electron chi connectivity index (χ1n) is 10.6. The molecule has 1 N–H and O–H groups in total. The molecule has 36 heavy (non-hydrogen) atoms. The number of amides is 1. The van der Waals surface area contributed by atoms with Crippen molar-refractivity contribution in [3.8, 4) is 5.75 Å². The largest absolute Gasteiger partial charge is 0.507 e. The zero-order valence-electron chi connectivity index (χ0n) is 19.6. The van der Waals surface area contributed by atoms with Gasteiger partial charge in [0.1, 0.15) is 16.4 Å². The molecular weight excluding hydrogens is 527 g/mol. The number of hydrogen-bond acceptors (Lipinski definition) is 8. The number of methoxy groups -OCH3 is 2. The normalized spacial score (nSPS) is 16.9. The van der Waals surface area contributed by atoms with Gasteiger partial charge in [0.15, 0.2) is 5.13 Å². The maximum Gasteiger partial charge on any atom is 0.350 e. The minimum absolute atomic E-state index is 0.0801. The van der Waals surface area contributed by atoms with Crippen LogP contribution in [0.5, 0.6) is 5.75 Å². The summed E-state index contributed by atoms with van der Waals surface area (Å²) in [5.41, 5.74) is 1.47. The summed E-state index contributed by atoms with van der Waals surface area (Å²) in [6.07, 6.45) is 0. The van der Waals surface area contributed by atoms with Crippen LogP contribution in [0.15, 0.2) is 42.0 Å². The lowest BCUT2D eigenvalue weighted by molar-refractivity contribution is -0.132. The number of Topliss-reactive ketones (excluding diaryl/α,β-unsaturated/α-hetero) is 1. The van der Waals surface area contributed by atoms with Crippen LogP contribution in [0.2, 0.25) is 10.0 Å². The fraction of sp³-hybridized carbons (Fsp3) is 0.200. The lowest BCUT2D eigenvalue weighted by Crippen LogP contribution is -2.29. The van der Waals surface area contributed by atoms with Gasteiger partial charge in [-0.25, -0.2) is 9.78 Å². The van der Waals surface area contributed by atoms with Crippen molar-refractivity contribution in [3.63, 3.8) is 0 Å². The first kappa shape index (κ1) is 25.7. The van der Waals surface area contributed by atoms with Gasteiger partial charge in [0, 0.05) is 15.6 Å². The summed E-state index contributed by atoms with van der Waals surface area (Å²) in [6, 6.07) is 8.41. The molecule has 1 saturated heterocycles. The number of carbonyl (C=O) groups is 3. The molecule has 8 nitrogen and oxygen atoms in total. The van der Waals surface area contributed by atoms with Gasteiger partial charge in [-0.05, 0) is 55.3 Å². The predicted octanol–water partition coefficient (Wildman–Crippen LogP) is 5.49. The Morgan fingerprint density at radius 3 is 2.44 bits per heavy atom. The topological polar surface area (TPSA) is 106 Å². The van der Waals surface area contributed by atoms with Crippen molar-refractivity contribution in [3.05, 3.63) is 79.3 Å². The summed E-state index contributed by atoms with van der Waals surface area (Å²) in [5.74, 6) is -2.29. The van der Waals surface area contributed by atoms with Crippen LogP contribution >= 0.6 is 34.5 Å². The fourth-order valence-corrected chi connectivity index (χ4v) is 5.51. The molecule has 1 atom stereocenters. The molecule has 1 aliphatic rings. The maximum absolute atomic E-state index is 13.4. The van der Waals surface area contributed by atoms with Crippen LogP contribution < -0.4 is 9.64 Å². The highest BCUT2D eigenvalue weighted by molar-refractivity contribution is 7.17. The van der Waals surface area contributed by atoms with Crippen LogP contribution in [0, 0.1) is 13.8 Å². The number of benzene rings is 2. The van der Waals surface area contributed by atoms with Crippen LogP contribution in [0.25, 0.3) is 5.76 Å². The number of esters is 1. The molecule has 0 spiro atoms. The van der Waals surface area contributed by atoms with E-state index in [9.17, 15) is 19.5 Å². The highest BCUT2D eigenvalue weighted by Gasteiger charge is 2.49. The number of thiazole rings is 1. The number of aryl methyl sites for hydroxylation is 2. The Hall–Kier alpha value is -3.40. The molecule has 0 unspecified atom stereocenters. The van der Waals surface area contributed by atoms with E-state index in [0.29, 0.717) is 33.2 Å². The minimum Gasteiger partial charge on any atom is -0.507 e. The number of rotatable bonds is 5. The third kappa shape index (κ3) is 4.34. The summed E-state index contributed by atoms with van der Waals surface area (Å²) in [4.78, 5) is 44.6. The third-order valence-electron chi connectivity index (χ3n) is 5.75. The van der Waals surface area contributed by atoms with Gasteiger partial charge in [-0.1, -0.05) is 40.6 Å². The molecular formula is C25H20Cl2N2O6S. The molecule has 0 radical (unpaired) electrons. The second-order valence-corrected chi connectivity index (χ2v) is 9.74. The number of ether oxygens (including phenoxy) is 2. The number of nitrogens with zero attached hydrogens (tertiary/aromatic N) is 2. The number of ketones is 1. The standard InChI is InChI=1S/C25H20Cl2N2O6S/c1-11-9-14(34-3)6-8-15(11)20(30)18-19(16-7-5-13(26)10-17(16)27)29(23(32)21(18)31)25-28-12(2)22(36-25)24(33)35-4/h5-10,19,30H,1-4H3/t19-/m1/s1. The van der Waals surface area contributed by atoms with E-state index in [-0.39, 0.29) is 26.4 Å². The van der Waals surface area contributed by atoms with Gasteiger partial charge in [0.05, 0.1) is 31.5 Å². The van der Waals surface area contributed by atoms with Crippen molar-refractivity contribution in [1.29, 1.82) is 0 Å². The lowest BCUT2D eigenvalue weighted by atomic mass is 9.94. The maximum atomic E-state index is 13.4. The molecule has 2 heterocycles. The first-order chi connectivity index (χ1) is 17.1. The van der Waals surface area contributed by atoms with Crippen LogP contribution in [0.4, 0.5) is 5.13 Å². The van der Waals surface area contributed by atoms with E-state index >= 15 is 0 Å². The van der Waals surface area contributed by atoms with E-state index < -0.39 is 23.7 Å². The predicted molar refractivity (Wildman–Crippen MR) is 137 cm³/mol. The van der Waals surface area contributed by atoms with Gasteiger partial charge in [0.25, 0.3) is 5.78 Å². The van der Waals surface area contributed by atoms with E-state index in [1.165, 1.54) is 20.3 Å². The molecule has 0 saturated carbocycles. The molecule has 2 aromatic carbocycles. The van der Waals surface area contributed by atoms with E-state index in [1.54, 1.807) is 44.2 Å². The number of halogens is 2. The Morgan fingerprint density at radius 2 is 1.83 bits per heavy atom. The Morgan fingerprint density at radius 1 is 1.11 bits per heavy atom. The molecule has 1 fully saturated rings. The van der Waals surface area contributed by atoms with Crippen LogP contribution in [0.1, 0.15) is 38.1 Å². The molecule has 1 aromatic heterocycles. The third-order valence-corrected chi connectivity index (χ3v) is 7.45. The van der Waals surface area contributed by atoms with Crippen molar-refractivity contribution < 1.29 is 29.0 Å². The Balaban J connectivity index is 1.98. The summed E-state index contributed by atoms with van der Waals surface area (Å²) >= 11 is 13.5. The van der Waals surface area contributed by atoms with Gasteiger partial charge < -0.3 is 14.6 Å². The number of aliphatic hydroxyl groups excluding tert-OH is 1. The number of anilines is 1. The Labute approximate surface area is 220 Å². The highest BCUT2D eigenvalue weighted by atomic mass is 35.5. The average Bonchev–Trinajstić information content (AvgIpc) is 3.34. The SMILES string of the molecule is COC(=O)c1sc(N2C(=O)C(=O)C(=C(O)c3ccc(OC)cc3C)[C@H]2c2ccc(Cl)cc2Cl)nc1C. The monoisotopic (exact) mass is 546 g/mol. The van der Waals surface area contributed by atoms with E-state index in [0.717, 1.165) is 16.2 Å². The van der Waals surface area contributed by atoms with E-state index in [2.05, 4.69) is 4.98 Å². The Bertz CT molecular complexity index is 1450. The molecule has 11 heteroatoms. The second-order valence-electron chi connectivity index (χ2n) is 7.92. The zero-order valence-corrected chi connectivity index (χ0v) is 21.9. The van der Waals surface area contributed by atoms with Gasteiger partial charge in [-0.15, -0.1) is 0 Å². The van der Waals surface area contributed by atoms with Crippen molar-refractivity contribution in [2.24, 2.45) is 0 Å². The summed E-state index contributed by atoms with van der Waals surface area (Å²) < 4.78 is 10.0. The van der Waals surface area contributed by atoms with E-state index in [1.807, 2.05) is 0 Å². The summed E-state index contributed by atoms with van der Waals surface area (Å²) in [5, 5.41) is 12.0. The van der Waals surface area contributed by atoms with E-state index in [4.69, 9.17) is 32.7 Å². The van der Waals surface area contributed by atoms with Crippen LogP contribution in [-0.4, -0.2) is 42.0 Å². The Kier molecular flexibility index (Phi) is 7.08. The second kappa shape index (κ2) is 9.93. The number of hydrogen-bond donors (Lipinski definition) is 1. The van der Waals surface area contributed by atoms with Gasteiger partial charge >= 0.3 is 11.9 Å². The number of aromatic nitrogens is 1. The lowest BCUT2D eigenvalue weighted by Gasteiger charge is -2.24. The first-order valence-corrected chi connectivity index (χ1v) is 12.1. The van der Waals surface area contributed by atoms with Crippen molar-refractivity contribution in [2.45, 2.75) is 19.9 Å². The van der Waals surface area contributed by atoms with Crippen LogP contribution in [-0.2, 0) is 14.3 Å². The number of carbonyl (C=O) groups excluding carboxylic acids is 3. The molecule has 0 aliphatic carbocycles. The summed E-state index contributed by atoms with van der Waals surface area (Å²) in [6.45, 7) is 3.33. The summed E-state index contributed by atoms with van der Waals surface area (Å²) in [7, 11) is 2.75. The van der Waals surface area contributed by atoms with Crippen molar-refractivity contribution in [1.82, 2.24) is 4.98 Å². The molecule has 0 bridgehead atoms. The molecule has 4 rings (SSSR count). The van der Waals surface area contributed by atoms with Gasteiger partial charge in [0.2, 0.25) is 0 Å². The smallest absolute Gasteiger partial charge is 0.350 e. The molecule has 3 aromatic rings. The highest BCUT2D eigenvalue weighted by Crippen LogP contribution is 2.46. The quantitative estimate of drug-likeness (QED) is 0.195. The van der Waals surface area contributed by atoms with Crippen molar-refractivity contribution in [2.75, 3.05) is 19.1 Å². The molecule has 186 valence electrons. The minimum atomic E-state index is -1.13. The molecule has 1 amide bonds. The van der Waals surface area contributed by atoms with Crippen LogP contribution in [0.3, 0.4) is 0 Å². The molecule has 1 aliphatic heterocycles. The average molecular weight is 547 g/mol. The number of aliphatic hydroxyl groups is 1. The van der Waals surface area contributed by atoms with Gasteiger partial charge in [-0.3, -0.25) is 14.5 Å². The zero-order chi connectivity index (χ0) is 26.3. The van der Waals surface area contributed by atoms with Crippen molar-refractivity contribution >= 4 is 63.1 Å². The van der Waals surface area contributed by atoms with Gasteiger partial charge in [-0.2, -0.15) is 0 Å².